The Labute approximate surface area is 139 Å². The molecule has 0 bridgehead atoms. The summed E-state index contributed by atoms with van der Waals surface area (Å²) in [6, 6.07) is 6.73. The monoisotopic (exact) mass is 357 g/mol. The van der Waals surface area contributed by atoms with E-state index in [0.29, 0.717) is 6.42 Å². The number of rotatable bonds is 6. The van der Waals surface area contributed by atoms with Crippen molar-refractivity contribution in [2.24, 2.45) is 0 Å². The van der Waals surface area contributed by atoms with Crippen molar-refractivity contribution in [1.29, 1.82) is 0 Å². The minimum atomic E-state index is -3.78. The van der Waals surface area contributed by atoms with E-state index in [1.807, 2.05) is 6.92 Å². The lowest BCUT2D eigenvalue weighted by Gasteiger charge is -2.35. The molecule has 0 unspecified atom stereocenters. The molecular weight excluding hydrogens is 334 g/mol. The fourth-order valence-electron chi connectivity index (χ4n) is 2.94. The molecule has 128 valence electrons. The normalized spacial score (nSPS) is 24.0. The summed E-state index contributed by atoms with van der Waals surface area (Å²) in [6.45, 7) is 7.40. The molecule has 0 aromatic heterocycles. The van der Waals surface area contributed by atoms with Crippen LogP contribution in [0.4, 0.5) is 0 Å². The van der Waals surface area contributed by atoms with E-state index in [9.17, 15) is 16.8 Å². The summed E-state index contributed by atoms with van der Waals surface area (Å²) in [5.74, 6) is -0.137. The highest BCUT2D eigenvalue weighted by Crippen LogP contribution is 2.34. The number of hydrogen-bond acceptors (Lipinski definition) is 4. The van der Waals surface area contributed by atoms with Gasteiger partial charge in [-0.2, -0.15) is 4.31 Å². The predicted molar refractivity (Wildman–Crippen MR) is 91.6 cm³/mol. The van der Waals surface area contributed by atoms with Gasteiger partial charge in [0.1, 0.15) is 0 Å². The zero-order valence-corrected chi connectivity index (χ0v) is 15.2. The van der Waals surface area contributed by atoms with E-state index >= 15 is 0 Å². The molecular formula is C16H23NO4S2. The van der Waals surface area contributed by atoms with E-state index in [4.69, 9.17) is 0 Å². The predicted octanol–water partition coefficient (Wildman–Crippen LogP) is 2.00. The Balaban J connectivity index is 2.45. The largest absolute Gasteiger partial charge is 0.243 e. The van der Waals surface area contributed by atoms with E-state index < -0.39 is 25.4 Å². The third kappa shape index (κ3) is 3.67. The molecule has 7 heteroatoms. The molecule has 0 spiro atoms. The maximum absolute atomic E-state index is 13.0. The summed E-state index contributed by atoms with van der Waals surface area (Å²) in [5, 5.41) is 0. The topological polar surface area (TPSA) is 71.5 Å². The summed E-state index contributed by atoms with van der Waals surface area (Å²) in [5.41, 5.74) is 0.115. The highest BCUT2D eigenvalue weighted by Gasteiger charge is 2.47. The van der Waals surface area contributed by atoms with E-state index in [2.05, 4.69) is 6.58 Å². The van der Waals surface area contributed by atoms with Crippen molar-refractivity contribution in [3.05, 3.63) is 42.5 Å². The van der Waals surface area contributed by atoms with E-state index in [-0.39, 0.29) is 22.9 Å². The van der Waals surface area contributed by atoms with Crippen LogP contribution >= 0.6 is 0 Å². The van der Waals surface area contributed by atoms with Gasteiger partial charge < -0.3 is 0 Å². The van der Waals surface area contributed by atoms with E-state index in [0.717, 1.165) is 12.0 Å². The summed E-state index contributed by atoms with van der Waals surface area (Å²) >= 11 is 0. The number of sulfone groups is 1. The Morgan fingerprint density at radius 1 is 1.30 bits per heavy atom. The Bertz CT molecular complexity index is 782. The van der Waals surface area contributed by atoms with Gasteiger partial charge in [0.15, 0.2) is 9.84 Å². The van der Waals surface area contributed by atoms with Crippen LogP contribution in [0.5, 0.6) is 0 Å². The highest BCUT2D eigenvalue weighted by molar-refractivity contribution is 7.92. The molecule has 0 saturated carbocycles. The number of sulfonamides is 1. The fourth-order valence-corrected chi connectivity index (χ4v) is 6.94. The van der Waals surface area contributed by atoms with E-state index in [1.165, 1.54) is 10.4 Å². The lowest BCUT2D eigenvalue weighted by molar-refractivity contribution is 0.252. The third-order valence-corrected chi connectivity index (χ3v) is 8.22. The minimum Gasteiger partial charge on any atom is -0.229 e. The number of nitrogens with zero attached hydrogens (tertiary/aromatic N) is 1. The van der Waals surface area contributed by atoms with Gasteiger partial charge in [-0.05, 0) is 37.5 Å². The number of benzene rings is 1. The zero-order valence-electron chi connectivity index (χ0n) is 13.5. The first-order valence-electron chi connectivity index (χ1n) is 7.58. The van der Waals surface area contributed by atoms with Crippen molar-refractivity contribution in [3.63, 3.8) is 0 Å². The van der Waals surface area contributed by atoms with Gasteiger partial charge in [-0.3, -0.25) is 0 Å². The lowest BCUT2D eigenvalue weighted by Crippen LogP contribution is -2.50. The molecule has 1 aromatic carbocycles. The van der Waals surface area contributed by atoms with Gasteiger partial charge in [0, 0.05) is 12.1 Å². The lowest BCUT2D eigenvalue weighted by atomic mass is 10.0. The van der Waals surface area contributed by atoms with Crippen LogP contribution in [0, 0.1) is 0 Å². The molecule has 0 amide bonds. The van der Waals surface area contributed by atoms with Crippen molar-refractivity contribution in [1.82, 2.24) is 4.31 Å². The summed E-state index contributed by atoms with van der Waals surface area (Å²) < 4.78 is 51.0. The first kappa shape index (κ1) is 18.2. The second-order valence-electron chi connectivity index (χ2n) is 6.16. The van der Waals surface area contributed by atoms with Crippen LogP contribution in [-0.2, 0) is 26.3 Å². The van der Waals surface area contributed by atoms with Crippen molar-refractivity contribution in [3.8, 4) is 0 Å². The standard InChI is InChI=1S/C16H23NO4S2/c1-4-11-17(16(3)10-12-22(18,19)13-16)23(20,21)15-8-6-14(5-2)7-9-15/h4,6-9H,1,5,10-13H2,2-3H3/t16-/m1/s1. The van der Waals surface area contributed by atoms with Crippen molar-refractivity contribution in [2.45, 2.75) is 37.1 Å². The number of aryl methyl sites for hydroxylation is 1. The van der Waals surface area contributed by atoms with Crippen LogP contribution in [0.2, 0.25) is 0 Å². The van der Waals surface area contributed by atoms with Crippen LogP contribution < -0.4 is 0 Å². The van der Waals surface area contributed by atoms with Gasteiger partial charge in [0.05, 0.1) is 16.4 Å². The van der Waals surface area contributed by atoms with Gasteiger partial charge in [-0.1, -0.05) is 25.1 Å². The Hall–Kier alpha value is -1.18. The van der Waals surface area contributed by atoms with Crippen molar-refractivity contribution in [2.75, 3.05) is 18.1 Å². The molecule has 2 rings (SSSR count). The maximum Gasteiger partial charge on any atom is 0.243 e. The molecule has 23 heavy (non-hydrogen) atoms. The van der Waals surface area contributed by atoms with Gasteiger partial charge >= 0.3 is 0 Å². The average Bonchev–Trinajstić information content (AvgIpc) is 2.79. The molecule has 1 saturated heterocycles. The quantitative estimate of drug-likeness (QED) is 0.730. The van der Waals surface area contributed by atoms with E-state index in [1.54, 1.807) is 31.2 Å². The Kier molecular flexibility index (Phi) is 5.03. The molecule has 0 aliphatic carbocycles. The summed E-state index contributed by atoms with van der Waals surface area (Å²) in [6.07, 6.45) is 2.62. The van der Waals surface area contributed by atoms with Gasteiger partial charge in [0.25, 0.3) is 0 Å². The first-order valence-corrected chi connectivity index (χ1v) is 10.8. The van der Waals surface area contributed by atoms with Gasteiger partial charge in [0.2, 0.25) is 10.0 Å². The van der Waals surface area contributed by atoms with Crippen LogP contribution in [0.25, 0.3) is 0 Å². The molecule has 1 aliphatic rings. The van der Waals surface area contributed by atoms with Crippen molar-refractivity contribution >= 4 is 19.9 Å². The van der Waals surface area contributed by atoms with Crippen molar-refractivity contribution < 1.29 is 16.8 Å². The average molecular weight is 357 g/mol. The zero-order chi connectivity index (χ0) is 17.3. The first-order chi connectivity index (χ1) is 10.6. The third-order valence-electron chi connectivity index (χ3n) is 4.30. The molecule has 1 atom stereocenters. The van der Waals surface area contributed by atoms with Gasteiger partial charge in [-0.25, -0.2) is 16.8 Å². The molecule has 1 fully saturated rings. The van der Waals surface area contributed by atoms with Crippen LogP contribution in [0.1, 0.15) is 25.8 Å². The summed E-state index contributed by atoms with van der Waals surface area (Å²) in [7, 11) is -6.99. The van der Waals surface area contributed by atoms with Crippen LogP contribution in [-0.4, -0.2) is 44.7 Å². The minimum absolute atomic E-state index is 0.0153. The highest BCUT2D eigenvalue weighted by atomic mass is 32.2. The second-order valence-corrected chi connectivity index (χ2v) is 10.2. The summed E-state index contributed by atoms with van der Waals surface area (Å²) in [4.78, 5) is 0.182. The molecule has 1 aliphatic heterocycles. The molecule has 0 radical (unpaired) electrons. The molecule has 1 aromatic rings. The number of hydrogen-bond donors (Lipinski definition) is 0. The molecule has 5 nitrogen and oxygen atoms in total. The molecule has 1 heterocycles. The SMILES string of the molecule is C=CCN([C@]1(C)CCS(=O)(=O)C1)S(=O)(=O)c1ccc(CC)cc1. The Morgan fingerprint density at radius 2 is 1.91 bits per heavy atom. The smallest absolute Gasteiger partial charge is 0.229 e. The van der Waals surface area contributed by atoms with Gasteiger partial charge in [-0.15, -0.1) is 6.58 Å². The second kappa shape index (κ2) is 6.37. The molecule has 0 N–H and O–H groups in total. The fraction of sp³-hybridized carbons (Fsp3) is 0.500. The Morgan fingerprint density at radius 3 is 2.35 bits per heavy atom. The van der Waals surface area contributed by atoms with Crippen LogP contribution in [0.15, 0.2) is 41.8 Å². The van der Waals surface area contributed by atoms with Crippen LogP contribution in [0.3, 0.4) is 0 Å². The maximum atomic E-state index is 13.0.